The second-order valence-corrected chi connectivity index (χ2v) is 3.94. The van der Waals surface area contributed by atoms with Crippen molar-refractivity contribution in [3.05, 3.63) is 11.0 Å². The monoisotopic (exact) mass is 239 g/mol. The third-order valence-electron chi connectivity index (χ3n) is 0.967. The Hall–Kier alpha value is 0.590. The van der Waals surface area contributed by atoms with Crippen LogP contribution in [0, 0.1) is 0 Å². The minimum atomic E-state index is 0. The Kier molecular flexibility index (Phi) is 5.58. The Morgan fingerprint density at radius 2 is 2.30 bits per heavy atom. The van der Waals surface area contributed by atoms with Gasteiger partial charge < -0.3 is 0 Å². The summed E-state index contributed by atoms with van der Waals surface area (Å²) < 4.78 is 1.18. The molecule has 0 aromatic heterocycles. The van der Waals surface area contributed by atoms with Gasteiger partial charge in [0.1, 0.15) is 4.38 Å². The lowest BCUT2D eigenvalue weighted by Gasteiger charge is -2.08. The molecule has 0 aromatic rings. The van der Waals surface area contributed by atoms with Gasteiger partial charge in [0.15, 0.2) is 0 Å². The fourth-order valence-corrected chi connectivity index (χ4v) is 2.26. The Balaban J connectivity index is 0.000000810. The first-order valence-electron chi connectivity index (χ1n) is 2.75. The molecule has 0 unspecified atom stereocenters. The van der Waals surface area contributed by atoms with E-state index in [1.807, 2.05) is 18.8 Å². The number of halogens is 1. The Bertz CT molecular complexity index is 165. The fourth-order valence-electron chi connectivity index (χ4n) is 0.512. The third-order valence-corrected chi connectivity index (χ3v) is 3.54. The smallest absolute Gasteiger partial charge is 0.128 e. The van der Waals surface area contributed by atoms with Crippen LogP contribution in [0.3, 0.4) is 0 Å². The maximum atomic E-state index is 4.08. The second-order valence-electron chi connectivity index (χ2n) is 1.86. The Labute approximate surface area is 80.5 Å². The van der Waals surface area contributed by atoms with Crippen molar-refractivity contribution in [3.63, 3.8) is 0 Å². The molecule has 1 aliphatic rings. The molecule has 0 aromatic carbocycles. The molecule has 0 saturated heterocycles. The highest BCUT2D eigenvalue weighted by molar-refractivity contribution is 8.93. The topological polar surface area (TPSA) is 12.4 Å². The fraction of sp³-hybridized carbons (Fsp3) is 0.500. The maximum absolute atomic E-state index is 4.08. The number of aliphatic imine (C=N–C) groups is 1. The molecule has 0 amide bonds. The first kappa shape index (κ1) is 10.6. The normalized spacial score (nSPS) is 21.8. The van der Waals surface area contributed by atoms with E-state index in [0.29, 0.717) is 0 Å². The van der Waals surface area contributed by atoms with Gasteiger partial charge in [-0.3, -0.25) is 4.99 Å². The van der Waals surface area contributed by atoms with E-state index >= 15 is 0 Å². The predicted molar refractivity (Wildman–Crippen MR) is 57.5 cm³/mol. The van der Waals surface area contributed by atoms with Crippen molar-refractivity contribution in [1.29, 1.82) is 0 Å². The molecular weight excluding hydrogens is 230 g/mol. The van der Waals surface area contributed by atoms with E-state index in [0.717, 1.165) is 5.75 Å². The van der Waals surface area contributed by atoms with Crippen molar-refractivity contribution < 1.29 is 0 Å². The lowest BCUT2D eigenvalue weighted by Crippen LogP contribution is -1.93. The molecule has 1 nitrogen and oxygen atoms in total. The van der Waals surface area contributed by atoms with Crippen LogP contribution in [0.25, 0.3) is 0 Å². The van der Waals surface area contributed by atoms with E-state index < -0.39 is 0 Å². The molecule has 1 rings (SSSR count). The Morgan fingerprint density at radius 1 is 1.60 bits per heavy atom. The zero-order chi connectivity index (χ0) is 6.69. The lowest BCUT2D eigenvalue weighted by molar-refractivity contribution is 1.43. The van der Waals surface area contributed by atoms with Crippen molar-refractivity contribution in [3.8, 4) is 0 Å². The van der Waals surface area contributed by atoms with Crippen LogP contribution in [0.4, 0.5) is 0 Å². The van der Waals surface area contributed by atoms with Crippen molar-refractivity contribution in [1.82, 2.24) is 0 Å². The standard InChI is InChI=1S/C6H9NS2.BrH/c1-5-3-8-6(7-2)9-4-5;/h3H,4H2,1-2H3;1H. The minimum Gasteiger partial charge on any atom is -0.275 e. The van der Waals surface area contributed by atoms with Crippen molar-refractivity contribution in [2.24, 2.45) is 4.99 Å². The van der Waals surface area contributed by atoms with E-state index in [1.54, 1.807) is 11.8 Å². The van der Waals surface area contributed by atoms with Crippen LogP contribution in [0.1, 0.15) is 6.92 Å². The summed E-state index contributed by atoms with van der Waals surface area (Å²) >= 11 is 3.54. The molecule has 58 valence electrons. The first-order chi connectivity index (χ1) is 4.33. The number of hydrogen-bond donors (Lipinski definition) is 0. The summed E-state index contributed by atoms with van der Waals surface area (Å²) in [6.45, 7) is 2.15. The molecule has 0 bridgehead atoms. The number of rotatable bonds is 0. The van der Waals surface area contributed by atoms with Gasteiger partial charge >= 0.3 is 0 Å². The third kappa shape index (κ3) is 3.12. The summed E-state index contributed by atoms with van der Waals surface area (Å²) in [4.78, 5) is 4.08. The first-order valence-corrected chi connectivity index (χ1v) is 4.61. The van der Waals surface area contributed by atoms with E-state index in [1.165, 1.54) is 9.95 Å². The summed E-state index contributed by atoms with van der Waals surface area (Å²) in [6, 6.07) is 0. The van der Waals surface area contributed by atoms with Gasteiger partial charge in [0.25, 0.3) is 0 Å². The van der Waals surface area contributed by atoms with Crippen molar-refractivity contribution in [2.45, 2.75) is 6.92 Å². The van der Waals surface area contributed by atoms with E-state index in [2.05, 4.69) is 17.3 Å². The van der Waals surface area contributed by atoms with Crippen LogP contribution in [-0.2, 0) is 0 Å². The van der Waals surface area contributed by atoms with Crippen molar-refractivity contribution >= 4 is 44.9 Å². The molecule has 4 heteroatoms. The van der Waals surface area contributed by atoms with Crippen LogP contribution < -0.4 is 0 Å². The molecule has 0 spiro atoms. The highest BCUT2D eigenvalue weighted by Gasteiger charge is 2.04. The Morgan fingerprint density at radius 3 is 2.70 bits per heavy atom. The van der Waals surface area contributed by atoms with Crippen molar-refractivity contribution in [2.75, 3.05) is 12.8 Å². The van der Waals surface area contributed by atoms with Gasteiger partial charge in [-0.05, 0) is 12.3 Å². The van der Waals surface area contributed by atoms with Gasteiger partial charge in [-0.25, -0.2) is 0 Å². The predicted octanol–water partition coefficient (Wildman–Crippen LogP) is 2.93. The molecular formula is C6H10BrNS2. The summed E-state index contributed by atoms with van der Waals surface area (Å²) in [5.74, 6) is 1.11. The molecule has 0 aliphatic carbocycles. The van der Waals surface area contributed by atoms with Crippen LogP contribution in [0.15, 0.2) is 16.0 Å². The van der Waals surface area contributed by atoms with E-state index in [9.17, 15) is 0 Å². The van der Waals surface area contributed by atoms with Crippen LogP contribution in [0.2, 0.25) is 0 Å². The molecule has 10 heavy (non-hydrogen) atoms. The molecule has 1 heterocycles. The molecule has 0 N–H and O–H groups in total. The van der Waals surface area contributed by atoms with Gasteiger partial charge in [0.05, 0.1) is 0 Å². The minimum absolute atomic E-state index is 0. The second kappa shape index (κ2) is 5.27. The number of thioether (sulfide) groups is 2. The lowest BCUT2D eigenvalue weighted by atomic mass is 10.4. The van der Waals surface area contributed by atoms with Crippen LogP contribution in [0.5, 0.6) is 0 Å². The summed E-state index contributed by atoms with van der Waals surface area (Å²) in [5, 5.41) is 2.17. The van der Waals surface area contributed by atoms with Gasteiger partial charge in [-0.2, -0.15) is 0 Å². The quantitative estimate of drug-likeness (QED) is 0.645. The average Bonchev–Trinajstić information content (AvgIpc) is 1.90. The molecule has 0 radical (unpaired) electrons. The van der Waals surface area contributed by atoms with Gasteiger partial charge in [0.2, 0.25) is 0 Å². The maximum Gasteiger partial charge on any atom is 0.128 e. The number of hydrogen-bond acceptors (Lipinski definition) is 3. The van der Waals surface area contributed by atoms with E-state index in [-0.39, 0.29) is 17.0 Å². The van der Waals surface area contributed by atoms with Gasteiger partial charge in [-0.1, -0.05) is 29.1 Å². The van der Waals surface area contributed by atoms with Crippen LogP contribution in [-0.4, -0.2) is 17.2 Å². The zero-order valence-electron chi connectivity index (χ0n) is 5.96. The highest BCUT2D eigenvalue weighted by atomic mass is 79.9. The molecule has 0 fully saturated rings. The largest absolute Gasteiger partial charge is 0.275 e. The molecule has 1 aliphatic heterocycles. The highest BCUT2D eigenvalue weighted by Crippen LogP contribution is 2.26. The average molecular weight is 240 g/mol. The summed E-state index contributed by atoms with van der Waals surface area (Å²) in [6.07, 6.45) is 0. The molecule has 0 saturated carbocycles. The summed E-state index contributed by atoms with van der Waals surface area (Å²) in [7, 11) is 1.84. The van der Waals surface area contributed by atoms with E-state index in [4.69, 9.17) is 0 Å². The molecule has 0 atom stereocenters. The summed E-state index contributed by atoms with van der Waals surface area (Å²) in [5.41, 5.74) is 1.44. The zero-order valence-corrected chi connectivity index (χ0v) is 9.30. The SMILES string of the molecule is Br.CN=C1SC=C(C)CS1. The van der Waals surface area contributed by atoms with Crippen LogP contribution >= 0.6 is 40.5 Å². The van der Waals surface area contributed by atoms with Gasteiger partial charge in [0, 0.05) is 12.8 Å². The van der Waals surface area contributed by atoms with Gasteiger partial charge in [-0.15, -0.1) is 17.0 Å². The number of nitrogens with zero attached hydrogens (tertiary/aromatic N) is 1.